The summed E-state index contributed by atoms with van der Waals surface area (Å²) >= 11 is 0. The lowest BCUT2D eigenvalue weighted by atomic mass is 9.83. The summed E-state index contributed by atoms with van der Waals surface area (Å²) in [7, 11) is 0. The number of fused-ring (bicyclic) bond motifs is 1. The van der Waals surface area contributed by atoms with E-state index in [1.54, 1.807) is 13.0 Å². The Morgan fingerprint density at radius 3 is 2.33 bits per heavy atom. The normalized spacial score (nSPS) is 25.5. The molecule has 0 saturated heterocycles. The second kappa shape index (κ2) is 9.49. The predicted octanol–water partition coefficient (Wildman–Crippen LogP) is 8.13. The van der Waals surface area contributed by atoms with E-state index in [0.717, 1.165) is 23.3 Å². The van der Waals surface area contributed by atoms with Gasteiger partial charge in [-0.15, -0.1) is 0 Å². The maximum absolute atomic E-state index is 14.6. The van der Waals surface area contributed by atoms with Crippen molar-refractivity contribution in [1.29, 1.82) is 0 Å². The topological polar surface area (TPSA) is 9.23 Å². The molecule has 4 rings (SSSR count). The summed E-state index contributed by atoms with van der Waals surface area (Å²) in [5, 5.41) is 0. The summed E-state index contributed by atoms with van der Waals surface area (Å²) in [6.07, 6.45) is 10.8. The molecule has 162 valence electrons. The van der Waals surface area contributed by atoms with Crippen molar-refractivity contribution in [3.8, 4) is 16.9 Å². The molecule has 0 aliphatic heterocycles. The lowest BCUT2D eigenvalue weighted by Gasteiger charge is -2.21. The van der Waals surface area contributed by atoms with Gasteiger partial charge in [-0.25, -0.2) is 4.39 Å². The largest absolute Gasteiger partial charge is 0.491 e. The van der Waals surface area contributed by atoms with Crippen molar-refractivity contribution in [3.63, 3.8) is 0 Å². The number of rotatable bonds is 8. The van der Waals surface area contributed by atoms with E-state index in [2.05, 4.69) is 19.1 Å². The maximum Gasteiger partial charge on any atom is 0.201 e. The van der Waals surface area contributed by atoms with Crippen molar-refractivity contribution in [3.05, 3.63) is 53.6 Å². The van der Waals surface area contributed by atoms with E-state index in [-0.39, 0.29) is 5.75 Å². The first-order valence-corrected chi connectivity index (χ1v) is 11.8. The van der Waals surface area contributed by atoms with Crippen LogP contribution in [0.3, 0.4) is 0 Å². The van der Waals surface area contributed by atoms with Gasteiger partial charge in [-0.05, 0) is 79.5 Å². The number of hydrogen-bond donors (Lipinski definition) is 0. The van der Waals surface area contributed by atoms with Crippen molar-refractivity contribution in [2.75, 3.05) is 6.61 Å². The molecular formula is C27H34F2O. The number of benzene rings is 2. The molecule has 0 aromatic heterocycles. The molecule has 2 aromatic rings. The van der Waals surface area contributed by atoms with Crippen LogP contribution in [0, 0.1) is 29.4 Å². The molecule has 2 aliphatic rings. The highest BCUT2D eigenvalue weighted by Gasteiger charge is 2.44. The Labute approximate surface area is 179 Å². The lowest BCUT2D eigenvalue weighted by Crippen LogP contribution is -2.12. The fourth-order valence-corrected chi connectivity index (χ4v) is 6.08. The molecule has 1 nitrogen and oxygen atoms in total. The van der Waals surface area contributed by atoms with Crippen LogP contribution in [0.25, 0.3) is 11.1 Å². The van der Waals surface area contributed by atoms with Gasteiger partial charge in [0.2, 0.25) is 5.82 Å². The van der Waals surface area contributed by atoms with Crippen LogP contribution in [0.5, 0.6) is 5.75 Å². The van der Waals surface area contributed by atoms with E-state index in [4.69, 9.17) is 4.74 Å². The molecule has 2 fully saturated rings. The number of ether oxygens (including phenoxy) is 1. The van der Waals surface area contributed by atoms with Crippen LogP contribution in [0.15, 0.2) is 36.4 Å². The molecule has 4 atom stereocenters. The highest BCUT2D eigenvalue weighted by molar-refractivity contribution is 5.65. The van der Waals surface area contributed by atoms with Crippen molar-refractivity contribution < 1.29 is 13.5 Å². The van der Waals surface area contributed by atoms with Gasteiger partial charge in [-0.2, -0.15) is 4.39 Å². The second-order valence-electron chi connectivity index (χ2n) is 9.14. The van der Waals surface area contributed by atoms with Crippen LogP contribution in [-0.4, -0.2) is 6.61 Å². The van der Waals surface area contributed by atoms with Gasteiger partial charge < -0.3 is 4.74 Å². The quantitative estimate of drug-likeness (QED) is 0.398. The van der Waals surface area contributed by atoms with Crippen LogP contribution in [0.1, 0.15) is 76.7 Å². The zero-order chi connectivity index (χ0) is 21.1. The minimum atomic E-state index is -0.905. The third kappa shape index (κ3) is 4.13. The van der Waals surface area contributed by atoms with Crippen LogP contribution >= 0.6 is 0 Å². The molecule has 0 spiro atoms. The molecule has 30 heavy (non-hydrogen) atoms. The number of halogens is 2. The minimum Gasteiger partial charge on any atom is -0.491 e. The summed E-state index contributed by atoms with van der Waals surface area (Å²) in [4.78, 5) is 0. The van der Waals surface area contributed by atoms with Gasteiger partial charge in [0, 0.05) is 5.56 Å². The first-order chi connectivity index (χ1) is 14.6. The van der Waals surface area contributed by atoms with Gasteiger partial charge >= 0.3 is 0 Å². The van der Waals surface area contributed by atoms with E-state index in [9.17, 15) is 8.78 Å². The summed E-state index contributed by atoms with van der Waals surface area (Å²) in [6.45, 7) is 4.35. The first kappa shape index (κ1) is 21.3. The number of hydrogen-bond acceptors (Lipinski definition) is 1. The molecule has 2 aliphatic carbocycles. The molecule has 0 heterocycles. The summed E-state index contributed by atoms with van der Waals surface area (Å²) in [6, 6.07) is 11.3. The smallest absolute Gasteiger partial charge is 0.201 e. The maximum atomic E-state index is 14.6. The van der Waals surface area contributed by atoms with E-state index in [1.165, 1.54) is 63.0 Å². The molecule has 0 N–H and O–H groups in total. The Morgan fingerprint density at radius 1 is 0.833 bits per heavy atom. The molecular weight excluding hydrogens is 378 g/mol. The Balaban J connectivity index is 1.47. The minimum absolute atomic E-state index is 0.0258. The molecule has 2 saturated carbocycles. The van der Waals surface area contributed by atoms with Gasteiger partial charge in [0.05, 0.1) is 6.61 Å². The lowest BCUT2D eigenvalue weighted by molar-refractivity contribution is 0.314. The monoisotopic (exact) mass is 412 g/mol. The van der Waals surface area contributed by atoms with Gasteiger partial charge in [-0.3, -0.25) is 0 Å². The average molecular weight is 413 g/mol. The zero-order valence-electron chi connectivity index (χ0n) is 18.3. The van der Waals surface area contributed by atoms with Crippen LogP contribution in [-0.2, 0) is 0 Å². The molecule has 0 amide bonds. The number of unbranched alkanes of at least 4 members (excludes halogenated alkanes) is 2. The predicted molar refractivity (Wildman–Crippen MR) is 119 cm³/mol. The highest BCUT2D eigenvalue weighted by atomic mass is 19.2. The third-order valence-electron chi connectivity index (χ3n) is 7.53. The van der Waals surface area contributed by atoms with Crippen LogP contribution in [0.4, 0.5) is 8.78 Å². The van der Waals surface area contributed by atoms with E-state index >= 15 is 0 Å². The fourth-order valence-electron chi connectivity index (χ4n) is 6.08. The first-order valence-electron chi connectivity index (χ1n) is 11.8. The third-order valence-corrected chi connectivity index (χ3v) is 7.53. The molecule has 3 heteroatoms. The molecule has 2 aromatic carbocycles. The molecule has 0 radical (unpaired) electrons. The average Bonchev–Trinajstić information content (AvgIpc) is 3.35. The second-order valence-corrected chi connectivity index (χ2v) is 9.14. The molecule has 4 unspecified atom stereocenters. The Bertz CT molecular complexity index is 845. The van der Waals surface area contributed by atoms with Crippen molar-refractivity contribution in [2.45, 2.75) is 71.1 Å². The zero-order valence-corrected chi connectivity index (χ0v) is 18.3. The Kier molecular flexibility index (Phi) is 6.75. The van der Waals surface area contributed by atoms with E-state index in [0.29, 0.717) is 18.1 Å². The van der Waals surface area contributed by atoms with Gasteiger partial charge in [0.1, 0.15) is 0 Å². The van der Waals surface area contributed by atoms with Crippen molar-refractivity contribution in [2.24, 2.45) is 17.8 Å². The van der Waals surface area contributed by atoms with E-state index in [1.807, 2.05) is 12.1 Å². The SMILES string of the molecule is CCCCCC1CCC2C(c3ccc(-c4ccc(OCC)c(F)c4F)cc3)CCC12. The van der Waals surface area contributed by atoms with Crippen LogP contribution < -0.4 is 4.74 Å². The van der Waals surface area contributed by atoms with Gasteiger partial charge in [0.25, 0.3) is 0 Å². The fraction of sp³-hybridized carbons (Fsp3) is 0.556. The highest BCUT2D eigenvalue weighted by Crippen LogP contribution is 2.55. The standard InChI is InChI=1S/C27H34F2O/c1-3-5-6-7-18-12-13-24-21(18)14-15-22(24)19-8-10-20(11-9-19)23-16-17-25(30-4-2)27(29)26(23)28/h8-11,16-18,21-22,24H,3-7,12-15H2,1-2H3. The van der Waals surface area contributed by atoms with E-state index < -0.39 is 11.6 Å². The van der Waals surface area contributed by atoms with Crippen molar-refractivity contribution >= 4 is 0 Å². The van der Waals surface area contributed by atoms with Crippen LogP contribution in [0.2, 0.25) is 0 Å². The van der Waals surface area contributed by atoms with Gasteiger partial charge in [-0.1, -0.05) is 56.9 Å². The summed E-state index contributed by atoms with van der Waals surface area (Å²) < 4.78 is 34.0. The van der Waals surface area contributed by atoms with Gasteiger partial charge in [0.15, 0.2) is 11.6 Å². The molecule has 0 bridgehead atoms. The Hall–Kier alpha value is -1.90. The Morgan fingerprint density at radius 2 is 1.60 bits per heavy atom. The van der Waals surface area contributed by atoms with Crippen molar-refractivity contribution in [1.82, 2.24) is 0 Å². The summed E-state index contributed by atoms with van der Waals surface area (Å²) in [5.41, 5.74) is 2.38. The summed E-state index contributed by atoms with van der Waals surface area (Å²) in [5.74, 6) is 1.49.